The van der Waals surface area contributed by atoms with Gasteiger partial charge in [-0.2, -0.15) is 0 Å². The lowest BCUT2D eigenvalue weighted by Crippen LogP contribution is -2.41. The largest absolute Gasteiger partial charge is 0.489 e. The van der Waals surface area contributed by atoms with Gasteiger partial charge in [0.15, 0.2) is 5.96 Å². The van der Waals surface area contributed by atoms with E-state index < -0.39 is 0 Å². The predicted molar refractivity (Wildman–Crippen MR) is 114 cm³/mol. The number of aryl methyl sites for hydroxylation is 1. The summed E-state index contributed by atoms with van der Waals surface area (Å²) in [5.74, 6) is 1.69. The molecule has 1 aromatic heterocycles. The highest BCUT2D eigenvalue weighted by Gasteiger charge is 2.07. The first-order valence-electron chi connectivity index (χ1n) is 8.33. The Balaban J connectivity index is 0.00000312. The highest BCUT2D eigenvalue weighted by Crippen LogP contribution is 2.17. The summed E-state index contributed by atoms with van der Waals surface area (Å²) in [6, 6.07) is 13.9. The first-order chi connectivity index (χ1) is 11.7. The number of benzene rings is 1. The Morgan fingerprint density at radius 3 is 2.60 bits per heavy atom. The van der Waals surface area contributed by atoms with Gasteiger partial charge < -0.3 is 15.4 Å². The normalized spacial score (nSPS) is 12.0. The van der Waals surface area contributed by atoms with Crippen molar-refractivity contribution in [1.82, 2.24) is 15.6 Å². The van der Waals surface area contributed by atoms with Crippen molar-refractivity contribution < 1.29 is 4.74 Å². The van der Waals surface area contributed by atoms with Crippen molar-refractivity contribution in [2.24, 2.45) is 4.99 Å². The summed E-state index contributed by atoms with van der Waals surface area (Å²) in [5.41, 5.74) is 2.08. The molecule has 1 atom stereocenters. The van der Waals surface area contributed by atoms with Gasteiger partial charge in [0.2, 0.25) is 0 Å². The zero-order valence-electron chi connectivity index (χ0n) is 15.0. The Morgan fingerprint density at radius 1 is 1.16 bits per heavy atom. The smallest absolute Gasteiger partial charge is 0.191 e. The van der Waals surface area contributed by atoms with Gasteiger partial charge in [0.25, 0.3) is 0 Å². The molecule has 0 bridgehead atoms. The number of halogens is 1. The van der Waals surface area contributed by atoms with Crippen LogP contribution in [-0.4, -0.2) is 30.1 Å². The predicted octanol–water partition coefficient (Wildman–Crippen LogP) is 3.53. The number of aliphatic imine (C=N–C) groups is 1. The van der Waals surface area contributed by atoms with E-state index in [4.69, 9.17) is 4.74 Å². The van der Waals surface area contributed by atoms with Crippen molar-refractivity contribution in [3.63, 3.8) is 0 Å². The molecule has 0 saturated carbocycles. The van der Waals surface area contributed by atoms with Crippen molar-refractivity contribution in [3.05, 3.63) is 59.9 Å². The summed E-state index contributed by atoms with van der Waals surface area (Å²) in [7, 11) is 0. The van der Waals surface area contributed by atoms with E-state index in [1.807, 2.05) is 63.2 Å². The molecule has 0 aliphatic rings. The van der Waals surface area contributed by atoms with Crippen LogP contribution in [0.4, 0.5) is 0 Å². The molecule has 5 nitrogen and oxygen atoms in total. The van der Waals surface area contributed by atoms with E-state index in [2.05, 4.69) is 20.6 Å². The lowest BCUT2D eigenvalue weighted by molar-refractivity contribution is 0.222. The van der Waals surface area contributed by atoms with E-state index in [0.29, 0.717) is 13.1 Å². The van der Waals surface area contributed by atoms with E-state index >= 15 is 0 Å². The molecule has 0 aliphatic carbocycles. The summed E-state index contributed by atoms with van der Waals surface area (Å²) in [6.07, 6.45) is 1.81. The van der Waals surface area contributed by atoms with Crippen LogP contribution in [0.2, 0.25) is 0 Å². The maximum absolute atomic E-state index is 5.98. The zero-order chi connectivity index (χ0) is 17.2. The fourth-order valence-electron chi connectivity index (χ4n) is 2.18. The number of ether oxygens (including phenoxy) is 1. The van der Waals surface area contributed by atoms with Crippen LogP contribution in [0.5, 0.6) is 5.75 Å². The second-order valence-corrected chi connectivity index (χ2v) is 5.59. The second-order valence-electron chi connectivity index (χ2n) is 5.59. The third kappa shape index (κ3) is 7.72. The molecule has 0 saturated heterocycles. The quantitative estimate of drug-likeness (QED) is 0.382. The molecule has 1 aromatic carbocycles. The average molecular weight is 454 g/mol. The van der Waals surface area contributed by atoms with Gasteiger partial charge in [0, 0.05) is 12.7 Å². The third-order valence-electron chi connectivity index (χ3n) is 3.45. The number of hydrogen-bond donors (Lipinski definition) is 2. The molecule has 2 N–H and O–H groups in total. The summed E-state index contributed by atoms with van der Waals surface area (Å²) in [6.45, 7) is 8.16. The lowest BCUT2D eigenvalue weighted by atomic mass is 10.2. The summed E-state index contributed by atoms with van der Waals surface area (Å²) in [4.78, 5) is 8.84. The maximum Gasteiger partial charge on any atom is 0.191 e. The molecule has 6 heteroatoms. The van der Waals surface area contributed by atoms with E-state index in [9.17, 15) is 0 Å². The zero-order valence-corrected chi connectivity index (χ0v) is 17.4. The number of nitrogens with one attached hydrogen (secondary N) is 2. The van der Waals surface area contributed by atoms with Gasteiger partial charge in [-0.1, -0.05) is 24.3 Å². The molecule has 136 valence electrons. The van der Waals surface area contributed by atoms with Crippen molar-refractivity contribution >= 4 is 29.9 Å². The minimum Gasteiger partial charge on any atom is -0.489 e. The van der Waals surface area contributed by atoms with Crippen LogP contribution in [0, 0.1) is 6.92 Å². The first-order valence-corrected chi connectivity index (χ1v) is 8.33. The molecule has 0 amide bonds. The van der Waals surface area contributed by atoms with E-state index in [1.165, 1.54) is 0 Å². The van der Waals surface area contributed by atoms with Crippen LogP contribution in [0.25, 0.3) is 0 Å². The van der Waals surface area contributed by atoms with E-state index in [0.717, 1.165) is 29.5 Å². The third-order valence-corrected chi connectivity index (χ3v) is 3.45. The summed E-state index contributed by atoms with van der Waals surface area (Å²) < 4.78 is 5.98. The van der Waals surface area contributed by atoms with Crippen LogP contribution in [0.3, 0.4) is 0 Å². The standard InChI is InChI=1S/C19H26N4O.HI/c1-4-20-19(23-14-17-10-7-8-12-21-17)22-13-16(3)24-18-11-6-5-9-15(18)2;/h5-12,16H,4,13-14H2,1-3H3,(H2,20,22,23);1H. The van der Waals surface area contributed by atoms with Gasteiger partial charge in [-0.05, 0) is 44.5 Å². The number of rotatable bonds is 7. The molecule has 0 aliphatic heterocycles. The van der Waals surface area contributed by atoms with Crippen molar-refractivity contribution in [2.75, 3.05) is 13.1 Å². The van der Waals surface area contributed by atoms with E-state index in [-0.39, 0.29) is 30.1 Å². The molecule has 0 spiro atoms. The topological polar surface area (TPSA) is 58.5 Å². The van der Waals surface area contributed by atoms with Gasteiger partial charge in [-0.3, -0.25) is 4.98 Å². The van der Waals surface area contributed by atoms with Crippen LogP contribution in [0.1, 0.15) is 25.1 Å². The van der Waals surface area contributed by atoms with Crippen molar-refractivity contribution in [1.29, 1.82) is 0 Å². The van der Waals surface area contributed by atoms with E-state index in [1.54, 1.807) is 6.20 Å². The lowest BCUT2D eigenvalue weighted by Gasteiger charge is -2.18. The average Bonchev–Trinajstić information content (AvgIpc) is 2.60. The molecule has 0 fully saturated rings. The fraction of sp³-hybridized carbons (Fsp3) is 0.368. The highest BCUT2D eigenvalue weighted by atomic mass is 127. The van der Waals surface area contributed by atoms with Gasteiger partial charge >= 0.3 is 0 Å². The fourth-order valence-corrected chi connectivity index (χ4v) is 2.18. The molecular formula is C19H27IN4O. The Hall–Kier alpha value is -1.83. The minimum atomic E-state index is 0. The number of para-hydroxylation sites is 1. The van der Waals surface area contributed by atoms with Gasteiger partial charge in [-0.25, -0.2) is 4.99 Å². The van der Waals surface area contributed by atoms with Crippen LogP contribution < -0.4 is 15.4 Å². The summed E-state index contributed by atoms with van der Waals surface area (Å²) in [5, 5.41) is 6.56. The minimum absolute atomic E-state index is 0. The molecule has 0 radical (unpaired) electrons. The number of aromatic nitrogens is 1. The molecule has 2 aromatic rings. The second kappa shape index (κ2) is 11.7. The van der Waals surface area contributed by atoms with Gasteiger partial charge in [-0.15, -0.1) is 24.0 Å². The molecule has 1 unspecified atom stereocenters. The maximum atomic E-state index is 5.98. The Bertz CT molecular complexity index is 649. The Morgan fingerprint density at radius 2 is 1.92 bits per heavy atom. The summed E-state index contributed by atoms with van der Waals surface area (Å²) >= 11 is 0. The Kier molecular flexibility index (Phi) is 9.91. The van der Waals surface area contributed by atoms with Crippen molar-refractivity contribution in [2.45, 2.75) is 33.4 Å². The number of guanidine groups is 1. The van der Waals surface area contributed by atoms with Crippen LogP contribution >= 0.6 is 24.0 Å². The molecule has 1 heterocycles. The molecular weight excluding hydrogens is 427 g/mol. The SMILES string of the molecule is CCNC(=NCc1ccccn1)NCC(C)Oc1ccccc1C.I. The van der Waals surface area contributed by atoms with Gasteiger partial charge in [0.1, 0.15) is 11.9 Å². The highest BCUT2D eigenvalue weighted by molar-refractivity contribution is 14.0. The number of nitrogens with zero attached hydrogens (tertiary/aromatic N) is 2. The van der Waals surface area contributed by atoms with Crippen LogP contribution in [-0.2, 0) is 6.54 Å². The van der Waals surface area contributed by atoms with Crippen LogP contribution in [0.15, 0.2) is 53.7 Å². The number of pyridine rings is 1. The van der Waals surface area contributed by atoms with Gasteiger partial charge in [0.05, 0.1) is 18.8 Å². The molecule has 25 heavy (non-hydrogen) atoms. The monoisotopic (exact) mass is 454 g/mol. The Labute approximate surface area is 167 Å². The van der Waals surface area contributed by atoms with Crippen molar-refractivity contribution in [3.8, 4) is 5.75 Å². The number of hydrogen-bond acceptors (Lipinski definition) is 3. The molecule has 2 rings (SSSR count). The first kappa shape index (κ1) is 21.2.